The number of ether oxygens (including phenoxy) is 1. The molecule has 3 amide bonds. The average Bonchev–Trinajstić information content (AvgIpc) is 2.80. The van der Waals surface area contributed by atoms with Crippen LogP contribution in [0.25, 0.3) is 0 Å². The van der Waals surface area contributed by atoms with Gasteiger partial charge in [-0.3, -0.25) is 14.4 Å². The van der Waals surface area contributed by atoms with Crippen molar-refractivity contribution in [1.29, 1.82) is 0 Å². The van der Waals surface area contributed by atoms with Gasteiger partial charge in [0.05, 0.1) is 18.6 Å². The van der Waals surface area contributed by atoms with Crippen molar-refractivity contribution in [1.82, 2.24) is 10.2 Å². The maximum atomic E-state index is 12.7. The molecule has 3 rings (SSSR count). The van der Waals surface area contributed by atoms with Crippen LogP contribution in [0, 0.1) is 0 Å². The van der Waals surface area contributed by atoms with E-state index in [1.54, 1.807) is 24.1 Å². The van der Waals surface area contributed by atoms with Crippen LogP contribution in [0.2, 0.25) is 0 Å². The largest absolute Gasteiger partial charge is 0.496 e. The Hall–Kier alpha value is -3.00. The maximum absolute atomic E-state index is 12.7. The van der Waals surface area contributed by atoms with Crippen LogP contribution in [0.5, 0.6) is 5.75 Å². The Labute approximate surface area is 186 Å². The Morgan fingerprint density at radius 3 is 2.61 bits per heavy atom. The van der Waals surface area contributed by atoms with Crippen molar-refractivity contribution in [2.45, 2.75) is 25.3 Å². The van der Waals surface area contributed by atoms with Gasteiger partial charge < -0.3 is 19.9 Å². The average molecular weight is 442 g/mol. The fourth-order valence-corrected chi connectivity index (χ4v) is 4.36. The first kappa shape index (κ1) is 22.7. The number of benzene rings is 2. The van der Waals surface area contributed by atoms with E-state index in [0.29, 0.717) is 36.6 Å². The summed E-state index contributed by atoms with van der Waals surface area (Å²) in [4.78, 5) is 42.1. The molecular weight excluding hydrogens is 414 g/mol. The fraction of sp³-hybridized carbons (Fsp3) is 0.348. The summed E-state index contributed by atoms with van der Waals surface area (Å²) in [6.07, 6.45) is 0. The Bertz CT molecular complexity index is 975. The molecule has 31 heavy (non-hydrogen) atoms. The molecule has 2 aromatic carbocycles. The second-order valence-corrected chi connectivity index (χ2v) is 8.03. The monoisotopic (exact) mass is 441 g/mol. The second-order valence-electron chi connectivity index (χ2n) is 7.02. The van der Waals surface area contributed by atoms with E-state index >= 15 is 0 Å². The molecule has 164 valence electrons. The predicted octanol–water partition coefficient (Wildman–Crippen LogP) is 2.93. The van der Waals surface area contributed by atoms with Gasteiger partial charge in [-0.1, -0.05) is 18.2 Å². The lowest BCUT2D eigenvalue weighted by Gasteiger charge is -2.29. The summed E-state index contributed by atoms with van der Waals surface area (Å²) >= 11 is 1.42. The summed E-state index contributed by atoms with van der Waals surface area (Å²) in [6.45, 7) is 5.26. The van der Waals surface area contributed by atoms with Gasteiger partial charge in [-0.05, 0) is 38.1 Å². The summed E-state index contributed by atoms with van der Waals surface area (Å²) in [5.74, 6) is 0.431. The van der Waals surface area contributed by atoms with Crippen LogP contribution >= 0.6 is 11.8 Å². The summed E-state index contributed by atoms with van der Waals surface area (Å²) in [5.41, 5.74) is 1.97. The molecule has 7 nitrogen and oxygen atoms in total. The third-order valence-electron chi connectivity index (χ3n) is 5.17. The normalized spacial score (nSPS) is 12.9. The van der Waals surface area contributed by atoms with Gasteiger partial charge in [0.1, 0.15) is 12.3 Å². The van der Waals surface area contributed by atoms with Crippen LogP contribution in [0.15, 0.2) is 47.4 Å². The van der Waals surface area contributed by atoms with Gasteiger partial charge in [0, 0.05) is 35.7 Å². The molecule has 1 aliphatic heterocycles. The van der Waals surface area contributed by atoms with Crippen molar-refractivity contribution in [2.75, 3.05) is 37.4 Å². The molecule has 0 saturated carbocycles. The fourth-order valence-electron chi connectivity index (χ4n) is 3.44. The SMILES string of the molecule is CCN(CC)C(=O)c1ccc2c(c1)N(CC(=O)NCc1ccccc1OC)C(=O)CS2. The van der Waals surface area contributed by atoms with Gasteiger partial charge in [-0.15, -0.1) is 11.8 Å². The van der Waals surface area contributed by atoms with Crippen molar-refractivity contribution < 1.29 is 19.1 Å². The first-order valence-electron chi connectivity index (χ1n) is 10.2. The lowest BCUT2D eigenvalue weighted by atomic mass is 10.1. The third-order valence-corrected chi connectivity index (χ3v) is 6.22. The van der Waals surface area contributed by atoms with E-state index in [0.717, 1.165) is 10.5 Å². The third kappa shape index (κ3) is 5.19. The van der Waals surface area contributed by atoms with E-state index < -0.39 is 0 Å². The van der Waals surface area contributed by atoms with E-state index in [1.165, 1.54) is 16.7 Å². The number of amides is 3. The number of hydrogen-bond acceptors (Lipinski definition) is 5. The molecule has 0 aliphatic carbocycles. The number of thioether (sulfide) groups is 1. The summed E-state index contributed by atoms with van der Waals surface area (Å²) in [7, 11) is 1.58. The predicted molar refractivity (Wildman–Crippen MR) is 122 cm³/mol. The van der Waals surface area contributed by atoms with Gasteiger partial charge in [0.2, 0.25) is 11.8 Å². The first-order chi connectivity index (χ1) is 15.0. The molecule has 0 aromatic heterocycles. The minimum Gasteiger partial charge on any atom is -0.496 e. The van der Waals surface area contributed by atoms with Crippen LogP contribution < -0.4 is 15.0 Å². The van der Waals surface area contributed by atoms with Crippen LogP contribution in [-0.2, 0) is 16.1 Å². The number of methoxy groups -OCH3 is 1. The molecule has 8 heteroatoms. The van der Waals surface area contributed by atoms with Crippen molar-refractivity contribution in [2.24, 2.45) is 0 Å². The molecular formula is C23H27N3O4S. The van der Waals surface area contributed by atoms with Gasteiger partial charge >= 0.3 is 0 Å². The van der Waals surface area contributed by atoms with E-state index in [2.05, 4.69) is 5.32 Å². The highest BCUT2D eigenvalue weighted by Crippen LogP contribution is 2.36. The highest BCUT2D eigenvalue weighted by atomic mass is 32.2. The molecule has 0 fully saturated rings. The topological polar surface area (TPSA) is 79.0 Å². The number of nitrogens with one attached hydrogen (secondary N) is 1. The highest BCUT2D eigenvalue weighted by Gasteiger charge is 2.28. The second kappa shape index (κ2) is 10.3. The smallest absolute Gasteiger partial charge is 0.253 e. The van der Waals surface area contributed by atoms with Crippen molar-refractivity contribution in [3.05, 3.63) is 53.6 Å². The zero-order valence-electron chi connectivity index (χ0n) is 18.0. The Kier molecular flexibility index (Phi) is 7.57. The Morgan fingerprint density at radius 1 is 1.16 bits per heavy atom. The number of fused-ring (bicyclic) bond motifs is 1. The number of rotatable bonds is 8. The molecule has 1 aliphatic rings. The number of carbonyl (C=O) groups excluding carboxylic acids is 3. The summed E-state index contributed by atoms with van der Waals surface area (Å²) in [5, 5.41) is 2.85. The molecule has 0 unspecified atom stereocenters. The van der Waals surface area contributed by atoms with Crippen LogP contribution in [0.4, 0.5) is 5.69 Å². The lowest BCUT2D eigenvalue weighted by Crippen LogP contribution is -2.43. The Morgan fingerprint density at radius 2 is 1.90 bits per heavy atom. The lowest BCUT2D eigenvalue weighted by molar-refractivity contribution is -0.123. The number of carbonyl (C=O) groups is 3. The van der Waals surface area contributed by atoms with E-state index in [4.69, 9.17) is 4.74 Å². The minimum atomic E-state index is -0.280. The van der Waals surface area contributed by atoms with Crippen molar-refractivity contribution >= 4 is 35.2 Å². The molecule has 0 bridgehead atoms. The zero-order valence-corrected chi connectivity index (χ0v) is 18.8. The number of hydrogen-bond donors (Lipinski definition) is 1. The maximum Gasteiger partial charge on any atom is 0.253 e. The van der Waals surface area contributed by atoms with Gasteiger partial charge in [-0.2, -0.15) is 0 Å². The van der Waals surface area contributed by atoms with Crippen molar-refractivity contribution in [3.63, 3.8) is 0 Å². The summed E-state index contributed by atoms with van der Waals surface area (Å²) in [6, 6.07) is 12.8. The van der Waals surface area contributed by atoms with E-state index in [1.807, 2.05) is 44.2 Å². The van der Waals surface area contributed by atoms with Gasteiger partial charge in [0.25, 0.3) is 5.91 Å². The first-order valence-corrected chi connectivity index (χ1v) is 11.2. The van der Waals surface area contributed by atoms with E-state index in [9.17, 15) is 14.4 Å². The molecule has 0 spiro atoms. The molecule has 0 radical (unpaired) electrons. The van der Waals surface area contributed by atoms with Crippen LogP contribution in [0.3, 0.4) is 0 Å². The molecule has 0 atom stereocenters. The number of para-hydroxylation sites is 1. The van der Waals surface area contributed by atoms with Crippen molar-refractivity contribution in [3.8, 4) is 5.75 Å². The minimum absolute atomic E-state index is 0.0867. The van der Waals surface area contributed by atoms with Crippen LogP contribution in [-0.4, -0.2) is 55.1 Å². The molecule has 0 saturated heterocycles. The molecule has 1 N–H and O–H groups in total. The zero-order chi connectivity index (χ0) is 22.4. The quantitative estimate of drug-likeness (QED) is 0.682. The van der Waals surface area contributed by atoms with Gasteiger partial charge in [0.15, 0.2) is 0 Å². The van der Waals surface area contributed by atoms with Crippen LogP contribution in [0.1, 0.15) is 29.8 Å². The molecule has 2 aromatic rings. The number of anilines is 1. The highest BCUT2D eigenvalue weighted by molar-refractivity contribution is 8.00. The summed E-state index contributed by atoms with van der Waals surface area (Å²) < 4.78 is 5.31. The van der Waals surface area contributed by atoms with Gasteiger partial charge in [-0.25, -0.2) is 0 Å². The van der Waals surface area contributed by atoms with E-state index in [-0.39, 0.29) is 30.0 Å². The number of nitrogens with zero attached hydrogens (tertiary/aromatic N) is 2. The Balaban J connectivity index is 1.76. The molecule has 1 heterocycles. The standard InChI is InChI=1S/C23H27N3O4S/c1-4-25(5-2)23(29)16-10-11-20-18(12-16)26(22(28)15-31-20)14-21(27)24-13-17-8-6-7-9-19(17)30-3/h6-12H,4-5,13-15H2,1-3H3,(H,24,27).